The molecule has 0 bridgehead atoms. The van der Waals surface area contributed by atoms with Gasteiger partial charge in [0.25, 0.3) is 5.91 Å². The van der Waals surface area contributed by atoms with Gasteiger partial charge in [0.1, 0.15) is 11.6 Å². The van der Waals surface area contributed by atoms with Crippen LogP contribution in [0.4, 0.5) is 4.39 Å². The molecule has 0 atom stereocenters. The van der Waals surface area contributed by atoms with Crippen LogP contribution in [0.3, 0.4) is 0 Å². The van der Waals surface area contributed by atoms with Gasteiger partial charge in [-0.1, -0.05) is 12.1 Å². The summed E-state index contributed by atoms with van der Waals surface area (Å²) in [5, 5.41) is 12.2. The van der Waals surface area contributed by atoms with Crippen LogP contribution in [0.2, 0.25) is 0 Å². The highest BCUT2D eigenvalue weighted by Gasteiger charge is 2.12. The molecule has 2 aromatic carbocycles. The topological polar surface area (TPSA) is 66.4 Å². The van der Waals surface area contributed by atoms with Gasteiger partial charge >= 0.3 is 0 Å². The number of aromatic hydroxyl groups is 1. The minimum Gasteiger partial charge on any atom is -0.507 e. The molecule has 0 saturated carbocycles. The molecular formula is C16H14FNO3. The van der Waals surface area contributed by atoms with E-state index in [0.29, 0.717) is 24.0 Å². The molecule has 0 heterocycles. The zero-order chi connectivity index (χ0) is 15.4. The van der Waals surface area contributed by atoms with Crippen molar-refractivity contribution in [1.29, 1.82) is 0 Å². The Morgan fingerprint density at radius 1 is 1.24 bits per heavy atom. The standard InChI is InChI=1S/C16H14FNO3/c1-2-18-16(21)13-6-5-10(7-14(13)17)11-3-4-12(9-19)15(20)8-11/h3-9,20H,2H2,1H3,(H,18,21). The van der Waals surface area contributed by atoms with Gasteiger partial charge in [0, 0.05) is 6.54 Å². The maximum absolute atomic E-state index is 14.0. The van der Waals surface area contributed by atoms with Crippen molar-refractivity contribution >= 4 is 12.2 Å². The zero-order valence-corrected chi connectivity index (χ0v) is 11.4. The molecule has 108 valence electrons. The molecular weight excluding hydrogens is 273 g/mol. The third kappa shape index (κ3) is 3.08. The molecule has 4 nitrogen and oxygen atoms in total. The fourth-order valence-corrected chi connectivity index (χ4v) is 1.96. The summed E-state index contributed by atoms with van der Waals surface area (Å²) in [6, 6.07) is 8.63. The van der Waals surface area contributed by atoms with Crippen LogP contribution in [0.25, 0.3) is 11.1 Å². The van der Waals surface area contributed by atoms with Gasteiger partial charge in [-0.05, 0) is 42.3 Å². The first kappa shape index (κ1) is 14.7. The van der Waals surface area contributed by atoms with E-state index >= 15 is 0 Å². The van der Waals surface area contributed by atoms with Crippen molar-refractivity contribution in [3.8, 4) is 16.9 Å². The Hall–Kier alpha value is -2.69. The zero-order valence-electron chi connectivity index (χ0n) is 11.4. The van der Waals surface area contributed by atoms with Crippen molar-refractivity contribution in [3.05, 3.63) is 53.3 Å². The van der Waals surface area contributed by atoms with Crippen molar-refractivity contribution in [1.82, 2.24) is 5.32 Å². The van der Waals surface area contributed by atoms with Crippen LogP contribution in [-0.2, 0) is 0 Å². The molecule has 2 N–H and O–H groups in total. The number of halogens is 1. The normalized spacial score (nSPS) is 10.2. The molecule has 0 spiro atoms. The molecule has 0 fully saturated rings. The van der Waals surface area contributed by atoms with Crippen LogP contribution in [0.1, 0.15) is 27.6 Å². The third-order valence-electron chi connectivity index (χ3n) is 3.04. The molecule has 0 aliphatic rings. The number of hydrogen-bond acceptors (Lipinski definition) is 3. The molecule has 0 aromatic heterocycles. The van der Waals surface area contributed by atoms with Crippen LogP contribution in [0, 0.1) is 5.82 Å². The Morgan fingerprint density at radius 2 is 1.90 bits per heavy atom. The van der Waals surface area contributed by atoms with Gasteiger partial charge in [0.15, 0.2) is 6.29 Å². The average Bonchev–Trinajstić information content (AvgIpc) is 2.47. The van der Waals surface area contributed by atoms with E-state index in [2.05, 4.69) is 5.32 Å². The van der Waals surface area contributed by atoms with Crippen LogP contribution < -0.4 is 5.32 Å². The molecule has 0 saturated heterocycles. The first-order chi connectivity index (χ1) is 10.1. The monoisotopic (exact) mass is 287 g/mol. The predicted octanol–water partition coefficient (Wildman–Crippen LogP) is 2.76. The Morgan fingerprint density at radius 3 is 2.48 bits per heavy atom. The molecule has 1 amide bonds. The van der Waals surface area contributed by atoms with Crippen LogP contribution >= 0.6 is 0 Å². The van der Waals surface area contributed by atoms with E-state index in [-0.39, 0.29) is 16.9 Å². The second kappa shape index (κ2) is 6.17. The van der Waals surface area contributed by atoms with E-state index in [1.165, 1.54) is 24.3 Å². The van der Waals surface area contributed by atoms with Gasteiger partial charge in [-0.15, -0.1) is 0 Å². The van der Waals surface area contributed by atoms with E-state index < -0.39 is 11.7 Å². The predicted molar refractivity (Wildman–Crippen MR) is 76.9 cm³/mol. The number of phenols is 1. The Balaban J connectivity index is 2.38. The molecule has 0 aliphatic carbocycles. The summed E-state index contributed by atoms with van der Waals surface area (Å²) in [6.45, 7) is 2.17. The SMILES string of the molecule is CCNC(=O)c1ccc(-c2ccc(C=O)c(O)c2)cc1F. The Bertz CT molecular complexity index is 698. The Kier molecular flexibility index (Phi) is 4.33. The maximum atomic E-state index is 14.0. The highest BCUT2D eigenvalue weighted by atomic mass is 19.1. The fraction of sp³-hybridized carbons (Fsp3) is 0.125. The van der Waals surface area contributed by atoms with Crippen molar-refractivity contribution in [2.45, 2.75) is 6.92 Å². The van der Waals surface area contributed by atoms with Gasteiger partial charge in [-0.3, -0.25) is 9.59 Å². The minimum absolute atomic E-state index is 0.0330. The summed E-state index contributed by atoms with van der Waals surface area (Å²) in [7, 11) is 0. The molecule has 5 heteroatoms. The van der Waals surface area contributed by atoms with Crippen LogP contribution in [0.5, 0.6) is 5.75 Å². The van der Waals surface area contributed by atoms with Crippen molar-refractivity contribution in [3.63, 3.8) is 0 Å². The number of rotatable bonds is 4. The number of hydrogen-bond donors (Lipinski definition) is 2. The summed E-state index contributed by atoms with van der Waals surface area (Å²) in [6.07, 6.45) is 0.540. The molecule has 2 aromatic rings. The van der Waals surface area contributed by atoms with Crippen molar-refractivity contribution < 1.29 is 19.1 Å². The highest BCUT2D eigenvalue weighted by molar-refractivity contribution is 5.95. The highest BCUT2D eigenvalue weighted by Crippen LogP contribution is 2.27. The van der Waals surface area contributed by atoms with Crippen LogP contribution in [-0.4, -0.2) is 23.8 Å². The number of benzene rings is 2. The van der Waals surface area contributed by atoms with Gasteiger partial charge in [-0.2, -0.15) is 0 Å². The van der Waals surface area contributed by atoms with Gasteiger partial charge in [0.05, 0.1) is 11.1 Å². The van der Waals surface area contributed by atoms with E-state index in [1.807, 2.05) is 0 Å². The molecule has 0 aliphatic heterocycles. The number of amides is 1. The largest absolute Gasteiger partial charge is 0.507 e. The van der Waals surface area contributed by atoms with Crippen molar-refractivity contribution in [2.24, 2.45) is 0 Å². The van der Waals surface area contributed by atoms with Gasteiger partial charge < -0.3 is 10.4 Å². The smallest absolute Gasteiger partial charge is 0.254 e. The summed E-state index contributed by atoms with van der Waals surface area (Å²) < 4.78 is 14.0. The summed E-state index contributed by atoms with van der Waals surface area (Å²) in [5.74, 6) is -1.28. The summed E-state index contributed by atoms with van der Waals surface area (Å²) >= 11 is 0. The van der Waals surface area contributed by atoms with Gasteiger partial charge in [0.2, 0.25) is 0 Å². The maximum Gasteiger partial charge on any atom is 0.254 e. The van der Waals surface area contributed by atoms with Crippen molar-refractivity contribution in [2.75, 3.05) is 6.54 Å². The average molecular weight is 287 g/mol. The van der Waals surface area contributed by atoms with E-state index in [1.54, 1.807) is 19.1 Å². The lowest BCUT2D eigenvalue weighted by atomic mass is 10.0. The van der Waals surface area contributed by atoms with E-state index in [9.17, 15) is 19.1 Å². The van der Waals surface area contributed by atoms with Crippen LogP contribution in [0.15, 0.2) is 36.4 Å². The van der Waals surface area contributed by atoms with E-state index in [0.717, 1.165) is 0 Å². The number of carbonyl (C=O) groups excluding carboxylic acids is 2. The van der Waals surface area contributed by atoms with Gasteiger partial charge in [-0.25, -0.2) is 4.39 Å². The molecule has 2 rings (SSSR count). The lowest BCUT2D eigenvalue weighted by molar-refractivity contribution is 0.0951. The number of aldehydes is 1. The minimum atomic E-state index is -0.641. The number of nitrogens with one attached hydrogen (secondary N) is 1. The molecule has 0 radical (unpaired) electrons. The summed E-state index contributed by atoms with van der Waals surface area (Å²) in [4.78, 5) is 22.3. The Labute approximate surface area is 121 Å². The second-order valence-electron chi connectivity index (χ2n) is 4.45. The molecule has 0 unspecified atom stereocenters. The molecule has 21 heavy (non-hydrogen) atoms. The third-order valence-corrected chi connectivity index (χ3v) is 3.04. The lowest BCUT2D eigenvalue weighted by Gasteiger charge is -2.07. The number of carbonyl (C=O) groups is 2. The lowest BCUT2D eigenvalue weighted by Crippen LogP contribution is -2.23. The quantitative estimate of drug-likeness (QED) is 0.850. The first-order valence-electron chi connectivity index (χ1n) is 6.43. The second-order valence-corrected chi connectivity index (χ2v) is 4.45. The summed E-state index contributed by atoms with van der Waals surface area (Å²) in [5.41, 5.74) is 1.19. The fourth-order valence-electron chi connectivity index (χ4n) is 1.96. The number of phenolic OH excluding ortho intramolecular Hbond substituents is 1. The first-order valence-corrected chi connectivity index (χ1v) is 6.43. The van der Waals surface area contributed by atoms with E-state index in [4.69, 9.17) is 0 Å².